The van der Waals surface area contributed by atoms with Crippen molar-refractivity contribution in [1.82, 2.24) is 9.97 Å². The van der Waals surface area contributed by atoms with E-state index in [2.05, 4.69) is 15.3 Å². The van der Waals surface area contributed by atoms with Crippen LogP contribution in [0.4, 0.5) is 16.6 Å². The van der Waals surface area contributed by atoms with E-state index < -0.39 is 0 Å². The molecule has 0 radical (unpaired) electrons. The van der Waals surface area contributed by atoms with Gasteiger partial charge < -0.3 is 10.2 Å². The molecule has 94 valence electrons. The van der Waals surface area contributed by atoms with Crippen LogP contribution >= 0.6 is 11.3 Å². The number of anilines is 3. The lowest BCUT2D eigenvalue weighted by molar-refractivity contribution is -0.115. The highest BCUT2D eigenvalue weighted by Gasteiger charge is 2.07. The average Bonchev–Trinajstić information content (AvgIpc) is 2.89. The van der Waals surface area contributed by atoms with E-state index in [0.717, 1.165) is 10.8 Å². The van der Waals surface area contributed by atoms with Crippen molar-refractivity contribution in [3.8, 4) is 0 Å². The predicted octanol–water partition coefficient (Wildman–Crippen LogP) is 2.31. The molecule has 0 aromatic carbocycles. The fraction of sp³-hybridized carbons (Fsp3) is 0.250. The van der Waals surface area contributed by atoms with Crippen LogP contribution in [0.5, 0.6) is 0 Å². The molecule has 18 heavy (non-hydrogen) atoms. The van der Waals surface area contributed by atoms with Crippen molar-refractivity contribution in [2.24, 2.45) is 0 Å². The molecule has 0 aliphatic rings. The number of nitrogens with one attached hydrogen (secondary N) is 1. The van der Waals surface area contributed by atoms with Gasteiger partial charge in [-0.1, -0.05) is 0 Å². The van der Waals surface area contributed by atoms with Gasteiger partial charge in [0.2, 0.25) is 0 Å². The summed E-state index contributed by atoms with van der Waals surface area (Å²) >= 11 is 1.64. The van der Waals surface area contributed by atoms with Gasteiger partial charge in [-0.2, -0.15) is 0 Å². The van der Waals surface area contributed by atoms with Gasteiger partial charge in [0.1, 0.15) is 23.7 Å². The number of aromatic nitrogens is 2. The summed E-state index contributed by atoms with van der Waals surface area (Å²) in [7, 11) is 1.95. The molecular formula is C12H14N4OS. The molecule has 0 unspecified atom stereocenters. The van der Waals surface area contributed by atoms with Gasteiger partial charge in [-0.15, -0.1) is 11.3 Å². The zero-order chi connectivity index (χ0) is 13.0. The molecule has 0 bridgehead atoms. The van der Waals surface area contributed by atoms with E-state index in [9.17, 15) is 4.79 Å². The van der Waals surface area contributed by atoms with Gasteiger partial charge in [-0.25, -0.2) is 9.97 Å². The molecule has 0 aliphatic heterocycles. The van der Waals surface area contributed by atoms with Gasteiger partial charge in [0, 0.05) is 13.1 Å². The van der Waals surface area contributed by atoms with Crippen LogP contribution in [-0.4, -0.2) is 29.3 Å². The van der Waals surface area contributed by atoms with Crippen LogP contribution in [0.25, 0.3) is 0 Å². The summed E-state index contributed by atoms with van der Waals surface area (Å²) in [6.07, 6.45) is 1.49. The van der Waals surface area contributed by atoms with Crippen molar-refractivity contribution in [3.05, 3.63) is 29.9 Å². The smallest absolute Gasteiger partial charge is 0.148 e. The van der Waals surface area contributed by atoms with Crippen molar-refractivity contribution < 1.29 is 4.79 Å². The summed E-state index contributed by atoms with van der Waals surface area (Å²) in [5.41, 5.74) is 0. The van der Waals surface area contributed by atoms with Crippen molar-refractivity contribution in [3.63, 3.8) is 0 Å². The van der Waals surface area contributed by atoms with E-state index >= 15 is 0 Å². The minimum atomic E-state index is 0.0711. The molecule has 2 aromatic rings. The van der Waals surface area contributed by atoms with Crippen molar-refractivity contribution in [1.29, 1.82) is 0 Å². The Morgan fingerprint density at radius 3 is 3.00 bits per heavy atom. The molecular weight excluding hydrogens is 248 g/mol. The Balaban J connectivity index is 2.14. The predicted molar refractivity (Wildman–Crippen MR) is 73.6 cm³/mol. The monoisotopic (exact) mass is 262 g/mol. The number of carbonyl (C=O) groups excluding carboxylic acids is 1. The molecule has 0 fully saturated rings. The van der Waals surface area contributed by atoms with E-state index in [1.165, 1.54) is 13.3 Å². The van der Waals surface area contributed by atoms with Crippen LogP contribution in [0.15, 0.2) is 29.9 Å². The molecule has 0 amide bonds. The van der Waals surface area contributed by atoms with Crippen molar-refractivity contribution in [2.75, 3.05) is 23.8 Å². The standard InChI is InChI=1S/C12H14N4OS/c1-9(17)7-13-10-6-11(15-8-14-10)16(2)12-4-3-5-18-12/h3-6,8H,7H2,1-2H3,(H,13,14,15). The summed E-state index contributed by atoms with van der Waals surface area (Å²) in [6, 6.07) is 5.84. The van der Waals surface area contributed by atoms with Gasteiger partial charge in [-0.3, -0.25) is 4.79 Å². The number of Topliss-reactive ketones (excluding diaryl/α,β-unsaturated/α-hetero) is 1. The Hall–Kier alpha value is -1.95. The minimum Gasteiger partial charge on any atom is -0.363 e. The first-order chi connectivity index (χ1) is 8.66. The van der Waals surface area contributed by atoms with Crippen LogP contribution in [0.1, 0.15) is 6.92 Å². The molecule has 2 aromatic heterocycles. The Kier molecular flexibility index (Phi) is 3.88. The number of hydrogen-bond donors (Lipinski definition) is 1. The van der Waals surface area contributed by atoms with E-state index in [0.29, 0.717) is 5.82 Å². The number of thiophene rings is 1. The molecule has 1 N–H and O–H groups in total. The summed E-state index contributed by atoms with van der Waals surface area (Å²) in [4.78, 5) is 21.2. The summed E-state index contributed by atoms with van der Waals surface area (Å²) in [5, 5.41) is 6.08. The summed E-state index contributed by atoms with van der Waals surface area (Å²) in [5.74, 6) is 1.51. The highest BCUT2D eigenvalue weighted by molar-refractivity contribution is 7.14. The van der Waals surface area contributed by atoms with Crippen LogP contribution in [0.3, 0.4) is 0 Å². The third-order valence-corrected chi connectivity index (χ3v) is 3.30. The fourth-order valence-electron chi connectivity index (χ4n) is 1.42. The Morgan fingerprint density at radius 1 is 1.50 bits per heavy atom. The Labute approximate surface area is 109 Å². The van der Waals surface area contributed by atoms with E-state index in [1.807, 2.05) is 35.5 Å². The van der Waals surface area contributed by atoms with Crippen LogP contribution < -0.4 is 10.2 Å². The van der Waals surface area contributed by atoms with E-state index in [-0.39, 0.29) is 12.3 Å². The number of nitrogens with zero attached hydrogens (tertiary/aromatic N) is 3. The van der Waals surface area contributed by atoms with Crippen LogP contribution in [-0.2, 0) is 4.79 Å². The lowest BCUT2D eigenvalue weighted by Crippen LogP contribution is -2.13. The van der Waals surface area contributed by atoms with Gasteiger partial charge >= 0.3 is 0 Å². The van der Waals surface area contributed by atoms with Crippen molar-refractivity contribution >= 4 is 33.8 Å². The Bertz CT molecular complexity index is 527. The Morgan fingerprint density at radius 2 is 2.33 bits per heavy atom. The van der Waals surface area contributed by atoms with Gasteiger partial charge in [0.05, 0.1) is 11.5 Å². The number of rotatable bonds is 5. The number of hydrogen-bond acceptors (Lipinski definition) is 6. The average molecular weight is 262 g/mol. The topological polar surface area (TPSA) is 58.1 Å². The minimum absolute atomic E-state index is 0.0711. The highest BCUT2D eigenvalue weighted by atomic mass is 32.1. The molecule has 0 saturated carbocycles. The van der Waals surface area contributed by atoms with Crippen molar-refractivity contribution in [2.45, 2.75) is 6.92 Å². The van der Waals surface area contributed by atoms with Crippen LogP contribution in [0.2, 0.25) is 0 Å². The molecule has 6 heteroatoms. The lowest BCUT2D eigenvalue weighted by Gasteiger charge is -2.16. The SMILES string of the molecule is CC(=O)CNc1cc(N(C)c2cccs2)ncn1. The van der Waals surface area contributed by atoms with E-state index in [4.69, 9.17) is 0 Å². The highest BCUT2D eigenvalue weighted by Crippen LogP contribution is 2.26. The normalized spacial score (nSPS) is 10.1. The fourth-order valence-corrected chi connectivity index (χ4v) is 2.12. The number of carbonyl (C=O) groups is 1. The van der Waals surface area contributed by atoms with E-state index in [1.54, 1.807) is 11.3 Å². The van der Waals surface area contributed by atoms with Gasteiger partial charge in [0.25, 0.3) is 0 Å². The number of ketones is 1. The molecule has 2 heterocycles. The van der Waals surface area contributed by atoms with Gasteiger partial charge in [-0.05, 0) is 24.4 Å². The largest absolute Gasteiger partial charge is 0.363 e. The molecule has 0 saturated heterocycles. The first-order valence-electron chi connectivity index (χ1n) is 5.49. The molecule has 0 aliphatic carbocycles. The zero-order valence-electron chi connectivity index (χ0n) is 10.3. The molecule has 0 atom stereocenters. The summed E-state index contributed by atoms with van der Waals surface area (Å²) < 4.78 is 0. The summed E-state index contributed by atoms with van der Waals surface area (Å²) in [6.45, 7) is 1.81. The quantitative estimate of drug-likeness (QED) is 0.896. The maximum atomic E-state index is 10.9. The molecule has 2 rings (SSSR count). The lowest BCUT2D eigenvalue weighted by atomic mass is 10.4. The second-order valence-corrected chi connectivity index (χ2v) is 4.75. The third-order valence-electron chi connectivity index (χ3n) is 2.35. The molecule has 5 nitrogen and oxygen atoms in total. The van der Waals surface area contributed by atoms with Gasteiger partial charge in [0.15, 0.2) is 0 Å². The maximum Gasteiger partial charge on any atom is 0.148 e. The second-order valence-electron chi connectivity index (χ2n) is 3.83. The third kappa shape index (κ3) is 3.04. The first kappa shape index (κ1) is 12.5. The van der Waals surface area contributed by atoms with Crippen LogP contribution in [0, 0.1) is 0 Å². The maximum absolute atomic E-state index is 10.9. The second kappa shape index (κ2) is 5.59. The zero-order valence-corrected chi connectivity index (χ0v) is 11.1. The molecule has 0 spiro atoms. The first-order valence-corrected chi connectivity index (χ1v) is 6.37.